The number of ether oxygens (including phenoxy) is 4. The number of rotatable bonds is 3. The van der Waals surface area contributed by atoms with Crippen LogP contribution in [0.15, 0.2) is 12.1 Å². The normalized spacial score (nSPS) is 16.4. The molecule has 1 fully saturated rings. The first-order chi connectivity index (χ1) is 10.3. The van der Waals surface area contributed by atoms with E-state index in [1.165, 1.54) is 0 Å². The standard InChI is InChI=1S/C16H21IO5/c1-16(2,3)22-14(18)11-8-10(9-12(17)13(11)19-4)15-20-6-5-7-21-15/h8-9,15H,5-7H2,1-4H3. The monoisotopic (exact) mass is 420 g/mol. The van der Waals surface area contributed by atoms with Gasteiger partial charge in [0, 0.05) is 5.56 Å². The van der Waals surface area contributed by atoms with Crippen molar-refractivity contribution in [2.75, 3.05) is 20.3 Å². The Morgan fingerprint density at radius 1 is 1.27 bits per heavy atom. The van der Waals surface area contributed by atoms with Crippen molar-refractivity contribution in [2.45, 2.75) is 39.1 Å². The van der Waals surface area contributed by atoms with Crippen molar-refractivity contribution >= 4 is 28.6 Å². The minimum atomic E-state index is -0.568. The molecular formula is C16H21IO5. The Kier molecular flexibility index (Phi) is 5.68. The first kappa shape index (κ1) is 17.5. The van der Waals surface area contributed by atoms with Crippen LogP contribution in [0.5, 0.6) is 5.75 Å². The molecule has 1 aliphatic heterocycles. The Morgan fingerprint density at radius 2 is 1.91 bits per heavy atom. The summed E-state index contributed by atoms with van der Waals surface area (Å²) in [5.74, 6) is 0.0920. The van der Waals surface area contributed by atoms with Crippen LogP contribution in [0.3, 0.4) is 0 Å². The summed E-state index contributed by atoms with van der Waals surface area (Å²) in [6.45, 7) is 6.79. The Morgan fingerprint density at radius 3 is 2.45 bits per heavy atom. The van der Waals surface area contributed by atoms with E-state index < -0.39 is 17.9 Å². The van der Waals surface area contributed by atoms with Gasteiger partial charge >= 0.3 is 5.97 Å². The van der Waals surface area contributed by atoms with Crippen LogP contribution in [0.2, 0.25) is 0 Å². The van der Waals surface area contributed by atoms with Crippen molar-refractivity contribution < 1.29 is 23.7 Å². The van der Waals surface area contributed by atoms with Crippen molar-refractivity contribution in [3.8, 4) is 5.75 Å². The van der Waals surface area contributed by atoms with Gasteiger partial charge in [-0.05, 0) is 61.9 Å². The molecule has 0 radical (unpaired) electrons. The van der Waals surface area contributed by atoms with Crippen molar-refractivity contribution in [3.63, 3.8) is 0 Å². The molecule has 1 saturated heterocycles. The molecule has 1 aromatic carbocycles. The first-order valence-corrected chi connectivity index (χ1v) is 8.23. The van der Waals surface area contributed by atoms with E-state index in [0.29, 0.717) is 24.5 Å². The Balaban J connectivity index is 2.37. The minimum absolute atomic E-state index is 0.386. The maximum Gasteiger partial charge on any atom is 0.342 e. The number of esters is 1. The zero-order valence-corrected chi connectivity index (χ0v) is 15.4. The van der Waals surface area contributed by atoms with Gasteiger partial charge in [0.25, 0.3) is 0 Å². The van der Waals surface area contributed by atoms with E-state index in [1.54, 1.807) is 13.2 Å². The Bertz CT molecular complexity index is 544. The smallest absolute Gasteiger partial charge is 0.342 e. The second-order valence-electron chi connectivity index (χ2n) is 6.01. The molecule has 22 heavy (non-hydrogen) atoms. The molecule has 0 saturated carbocycles. The largest absolute Gasteiger partial charge is 0.495 e. The number of carbonyl (C=O) groups excluding carboxylic acids is 1. The van der Waals surface area contributed by atoms with Crippen molar-refractivity contribution in [2.24, 2.45) is 0 Å². The molecule has 0 atom stereocenters. The summed E-state index contributed by atoms with van der Waals surface area (Å²) in [5, 5.41) is 0. The second-order valence-corrected chi connectivity index (χ2v) is 7.17. The summed E-state index contributed by atoms with van der Waals surface area (Å²) in [5.41, 5.74) is 0.615. The third kappa shape index (κ3) is 4.33. The summed E-state index contributed by atoms with van der Waals surface area (Å²) < 4.78 is 22.9. The Labute approximate surface area is 144 Å². The molecular weight excluding hydrogens is 399 g/mol. The first-order valence-electron chi connectivity index (χ1n) is 7.16. The predicted molar refractivity (Wildman–Crippen MR) is 90.1 cm³/mol. The van der Waals surface area contributed by atoms with Gasteiger partial charge in [0.15, 0.2) is 6.29 Å². The molecule has 1 aromatic rings. The highest BCUT2D eigenvalue weighted by molar-refractivity contribution is 14.1. The van der Waals surface area contributed by atoms with Gasteiger partial charge in [-0.1, -0.05) is 0 Å². The minimum Gasteiger partial charge on any atom is -0.495 e. The molecule has 5 nitrogen and oxygen atoms in total. The SMILES string of the molecule is COc1c(I)cc(C2OCCCO2)cc1C(=O)OC(C)(C)C. The van der Waals surface area contributed by atoms with Crippen molar-refractivity contribution in [1.82, 2.24) is 0 Å². The highest BCUT2D eigenvalue weighted by Gasteiger charge is 2.26. The van der Waals surface area contributed by atoms with Crippen molar-refractivity contribution in [3.05, 3.63) is 26.8 Å². The van der Waals surface area contributed by atoms with Gasteiger partial charge in [-0.25, -0.2) is 4.79 Å². The van der Waals surface area contributed by atoms with Gasteiger partial charge in [0.1, 0.15) is 16.9 Å². The molecule has 2 rings (SSSR count). The lowest BCUT2D eigenvalue weighted by molar-refractivity contribution is -0.183. The fourth-order valence-corrected chi connectivity index (χ4v) is 2.99. The lowest BCUT2D eigenvalue weighted by Crippen LogP contribution is -2.25. The quantitative estimate of drug-likeness (QED) is 0.552. The van der Waals surface area contributed by atoms with Crippen LogP contribution < -0.4 is 4.74 Å². The fourth-order valence-electron chi connectivity index (χ4n) is 2.12. The average Bonchev–Trinajstić information content (AvgIpc) is 2.45. The van der Waals surface area contributed by atoms with E-state index in [4.69, 9.17) is 18.9 Å². The van der Waals surface area contributed by atoms with Gasteiger partial charge in [-0.2, -0.15) is 0 Å². The number of hydrogen-bond acceptors (Lipinski definition) is 5. The third-order valence-electron chi connectivity index (χ3n) is 2.99. The number of benzene rings is 1. The number of methoxy groups -OCH3 is 1. The van der Waals surface area contributed by atoms with E-state index in [0.717, 1.165) is 15.6 Å². The van der Waals surface area contributed by atoms with Crippen LogP contribution >= 0.6 is 22.6 Å². The molecule has 1 aliphatic rings. The zero-order chi connectivity index (χ0) is 16.3. The molecule has 0 bridgehead atoms. The lowest BCUT2D eigenvalue weighted by atomic mass is 10.1. The maximum absolute atomic E-state index is 12.4. The van der Waals surface area contributed by atoms with Gasteiger partial charge < -0.3 is 18.9 Å². The number of halogens is 1. The van der Waals surface area contributed by atoms with Crippen LogP contribution in [-0.4, -0.2) is 31.9 Å². The maximum atomic E-state index is 12.4. The summed E-state index contributed by atoms with van der Waals surface area (Å²) in [6, 6.07) is 3.63. The van der Waals surface area contributed by atoms with Gasteiger partial charge in [-0.15, -0.1) is 0 Å². The number of carbonyl (C=O) groups is 1. The van der Waals surface area contributed by atoms with E-state index >= 15 is 0 Å². The fraction of sp³-hybridized carbons (Fsp3) is 0.562. The van der Waals surface area contributed by atoms with Gasteiger partial charge in [0.2, 0.25) is 0 Å². The van der Waals surface area contributed by atoms with E-state index in [9.17, 15) is 4.79 Å². The topological polar surface area (TPSA) is 54.0 Å². The Hall–Kier alpha value is -0.860. The second kappa shape index (κ2) is 7.14. The highest BCUT2D eigenvalue weighted by atomic mass is 127. The summed E-state index contributed by atoms with van der Waals surface area (Å²) in [7, 11) is 1.54. The van der Waals surface area contributed by atoms with Crippen LogP contribution in [0.1, 0.15) is 49.4 Å². The van der Waals surface area contributed by atoms with Crippen molar-refractivity contribution in [1.29, 1.82) is 0 Å². The molecule has 6 heteroatoms. The third-order valence-corrected chi connectivity index (χ3v) is 3.79. The molecule has 122 valence electrons. The van der Waals surface area contributed by atoms with E-state index in [1.807, 2.05) is 26.8 Å². The molecule has 0 spiro atoms. The van der Waals surface area contributed by atoms with Crippen LogP contribution in [-0.2, 0) is 14.2 Å². The summed E-state index contributed by atoms with van der Waals surface area (Å²) in [4.78, 5) is 12.4. The van der Waals surface area contributed by atoms with E-state index in [2.05, 4.69) is 22.6 Å². The zero-order valence-electron chi connectivity index (χ0n) is 13.3. The highest BCUT2D eigenvalue weighted by Crippen LogP contribution is 2.33. The predicted octanol–water partition coefficient (Wildman–Crippen LogP) is 3.69. The number of hydrogen-bond donors (Lipinski definition) is 0. The molecule has 0 aliphatic carbocycles. The molecule has 0 amide bonds. The van der Waals surface area contributed by atoms with Gasteiger partial charge in [-0.3, -0.25) is 0 Å². The van der Waals surface area contributed by atoms with Crippen LogP contribution in [0, 0.1) is 3.57 Å². The lowest BCUT2D eigenvalue weighted by Gasteiger charge is -2.25. The molecule has 0 unspecified atom stereocenters. The van der Waals surface area contributed by atoms with Gasteiger partial charge in [0.05, 0.1) is 23.9 Å². The molecule has 1 heterocycles. The summed E-state index contributed by atoms with van der Waals surface area (Å²) in [6.07, 6.45) is 0.428. The van der Waals surface area contributed by atoms with Crippen LogP contribution in [0.25, 0.3) is 0 Å². The summed E-state index contributed by atoms with van der Waals surface area (Å²) >= 11 is 2.13. The molecule has 0 aromatic heterocycles. The van der Waals surface area contributed by atoms with Crippen LogP contribution in [0.4, 0.5) is 0 Å². The van der Waals surface area contributed by atoms with E-state index in [-0.39, 0.29) is 0 Å². The average molecular weight is 420 g/mol. The molecule has 0 N–H and O–H groups in total.